The average Bonchev–Trinajstić information content (AvgIpc) is 2.77. The first-order chi connectivity index (χ1) is 8.06. The standard InChI is InChI=1S/C6H10O4.C5H4OS/c1-5(7)9-3-4-10-6(2)8;6-4-5-2-1-3-7-5/h3-4H2,1-2H3;1-4H. The molecule has 1 aromatic rings. The minimum Gasteiger partial charge on any atom is -0.462 e. The van der Waals surface area contributed by atoms with Crippen molar-refractivity contribution in [1.29, 1.82) is 0 Å². The first-order valence-electron chi connectivity index (χ1n) is 4.81. The van der Waals surface area contributed by atoms with E-state index >= 15 is 0 Å². The first kappa shape index (κ1) is 15.3. The molecule has 0 radical (unpaired) electrons. The van der Waals surface area contributed by atoms with Crippen molar-refractivity contribution in [3.63, 3.8) is 0 Å². The van der Waals surface area contributed by atoms with Gasteiger partial charge < -0.3 is 9.47 Å². The topological polar surface area (TPSA) is 69.7 Å². The Balaban J connectivity index is 0.000000318. The lowest BCUT2D eigenvalue weighted by Crippen LogP contribution is -2.09. The van der Waals surface area contributed by atoms with E-state index < -0.39 is 0 Å². The number of carbonyl (C=O) groups is 3. The van der Waals surface area contributed by atoms with Crippen molar-refractivity contribution in [3.8, 4) is 0 Å². The van der Waals surface area contributed by atoms with E-state index in [2.05, 4.69) is 9.47 Å². The van der Waals surface area contributed by atoms with Crippen LogP contribution in [0, 0.1) is 0 Å². The van der Waals surface area contributed by atoms with Crippen LogP contribution in [0.15, 0.2) is 17.5 Å². The molecule has 0 spiro atoms. The molecule has 0 fully saturated rings. The number of aldehydes is 1. The van der Waals surface area contributed by atoms with Crippen LogP contribution in [0.3, 0.4) is 0 Å². The van der Waals surface area contributed by atoms with Gasteiger partial charge >= 0.3 is 11.9 Å². The van der Waals surface area contributed by atoms with E-state index in [0.29, 0.717) is 0 Å². The molecule has 94 valence electrons. The second-order valence-electron chi connectivity index (χ2n) is 2.81. The second-order valence-corrected chi connectivity index (χ2v) is 3.79. The molecule has 5 nitrogen and oxygen atoms in total. The van der Waals surface area contributed by atoms with E-state index in [-0.39, 0.29) is 25.2 Å². The highest BCUT2D eigenvalue weighted by Crippen LogP contribution is 2.03. The summed E-state index contributed by atoms with van der Waals surface area (Å²) in [6, 6.07) is 3.64. The van der Waals surface area contributed by atoms with E-state index in [9.17, 15) is 14.4 Å². The Morgan fingerprint density at radius 2 is 1.76 bits per heavy atom. The van der Waals surface area contributed by atoms with Gasteiger partial charge in [-0.2, -0.15) is 0 Å². The zero-order valence-electron chi connectivity index (χ0n) is 9.67. The van der Waals surface area contributed by atoms with Gasteiger partial charge in [-0.1, -0.05) is 6.07 Å². The molecule has 0 N–H and O–H groups in total. The molecule has 1 heterocycles. The third-order valence-corrected chi connectivity index (χ3v) is 2.15. The van der Waals surface area contributed by atoms with Gasteiger partial charge in [0.1, 0.15) is 13.2 Å². The maximum absolute atomic E-state index is 10.1. The van der Waals surface area contributed by atoms with Gasteiger partial charge in [0.15, 0.2) is 6.29 Å². The van der Waals surface area contributed by atoms with E-state index in [4.69, 9.17) is 0 Å². The molecule has 6 heteroatoms. The van der Waals surface area contributed by atoms with Gasteiger partial charge in [-0.05, 0) is 11.4 Å². The highest BCUT2D eigenvalue weighted by molar-refractivity contribution is 7.11. The van der Waals surface area contributed by atoms with Crippen molar-refractivity contribution >= 4 is 29.6 Å². The molecule has 1 aromatic heterocycles. The monoisotopic (exact) mass is 258 g/mol. The summed E-state index contributed by atoms with van der Waals surface area (Å²) in [6.45, 7) is 2.87. The number of carbonyl (C=O) groups excluding carboxylic acids is 3. The Kier molecular flexibility index (Phi) is 8.58. The third-order valence-electron chi connectivity index (χ3n) is 1.35. The molecular weight excluding hydrogens is 244 g/mol. The molecule has 0 saturated heterocycles. The van der Waals surface area contributed by atoms with Gasteiger partial charge in [-0.15, -0.1) is 11.3 Å². The molecule has 1 rings (SSSR count). The zero-order valence-corrected chi connectivity index (χ0v) is 10.5. The van der Waals surface area contributed by atoms with Gasteiger partial charge in [0.2, 0.25) is 0 Å². The van der Waals surface area contributed by atoms with Crippen LogP contribution in [0.1, 0.15) is 23.5 Å². The van der Waals surface area contributed by atoms with Crippen LogP contribution >= 0.6 is 11.3 Å². The predicted octanol–water partition coefficient (Wildman–Crippen LogP) is 1.67. The van der Waals surface area contributed by atoms with Crippen LogP contribution < -0.4 is 0 Å². The molecule has 0 amide bonds. The minimum absolute atomic E-state index is 0.134. The highest BCUT2D eigenvalue weighted by atomic mass is 32.1. The Labute approximate surface area is 103 Å². The molecule has 0 aliphatic carbocycles. The van der Waals surface area contributed by atoms with Gasteiger partial charge in [-0.3, -0.25) is 14.4 Å². The summed E-state index contributed by atoms with van der Waals surface area (Å²) in [5.74, 6) is -0.737. The number of ether oxygens (including phenoxy) is 2. The molecule has 0 aromatic carbocycles. The summed E-state index contributed by atoms with van der Waals surface area (Å²) in [5.41, 5.74) is 0. The lowest BCUT2D eigenvalue weighted by Gasteiger charge is -2.00. The summed E-state index contributed by atoms with van der Waals surface area (Å²) < 4.78 is 8.95. The average molecular weight is 258 g/mol. The summed E-state index contributed by atoms with van der Waals surface area (Å²) in [4.78, 5) is 30.9. The molecule has 0 bridgehead atoms. The van der Waals surface area contributed by atoms with E-state index in [1.54, 1.807) is 6.07 Å². The number of hydrogen-bond acceptors (Lipinski definition) is 6. The fourth-order valence-corrected chi connectivity index (χ4v) is 1.26. The molecular formula is C11H14O5S. The quantitative estimate of drug-likeness (QED) is 0.467. The smallest absolute Gasteiger partial charge is 0.302 e. The molecule has 0 saturated carbocycles. The number of esters is 2. The van der Waals surface area contributed by atoms with E-state index in [0.717, 1.165) is 11.2 Å². The van der Waals surface area contributed by atoms with Crippen LogP contribution in [-0.2, 0) is 19.1 Å². The Morgan fingerprint density at radius 1 is 1.24 bits per heavy atom. The maximum atomic E-state index is 10.1. The normalized spacial score (nSPS) is 8.59. The summed E-state index contributed by atoms with van der Waals surface area (Å²) >= 11 is 1.45. The lowest BCUT2D eigenvalue weighted by atomic mass is 10.5. The molecule has 0 aliphatic rings. The Hall–Kier alpha value is -1.69. The number of thiophene rings is 1. The largest absolute Gasteiger partial charge is 0.462 e. The summed E-state index contributed by atoms with van der Waals surface area (Å²) in [5, 5.41) is 1.88. The minimum atomic E-state index is -0.368. The highest BCUT2D eigenvalue weighted by Gasteiger charge is 1.94. The fourth-order valence-electron chi connectivity index (χ4n) is 0.729. The Morgan fingerprint density at radius 3 is 2.00 bits per heavy atom. The molecule has 0 unspecified atom stereocenters. The summed E-state index contributed by atoms with van der Waals surface area (Å²) in [6.07, 6.45) is 0.852. The van der Waals surface area contributed by atoms with Crippen LogP contribution in [0.25, 0.3) is 0 Å². The SMILES string of the molecule is CC(=O)OCCOC(C)=O.O=Cc1cccs1. The van der Waals surface area contributed by atoms with E-state index in [1.807, 2.05) is 11.4 Å². The van der Waals surface area contributed by atoms with Crippen molar-refractivity contribution in [2.24, 2.45) is 0 Å². The first-order valence-corrected chi connectivity index (χ1v) is 5.69. The summed E-state index contributed by atoms with van der Waals surface area (Å²) in [7, 11) is 0. The van der Waals surface area contributed by atoms with Crippen molar-refractivity contribution < 1.29 is 23.9 Å². The van der Waals surface area contributed by atoms with E-state index in [1.165, 1.54) is 25.2 Å². The number of hydrogen-bond donors (Lipinski definition) is 0. The molecule has 0 aliphatic heterocycles. The van der Waals surface area contributed by atoms with Crippen LogP contribution in [0.4, 0.5) is 0 Å². The van der Waals surface area contributed by atoms with Crippen LogP contribution in [0.5, 0.6) is 0 Å². The maximum Gasteiger partial charge on any atom is 0.302 e. The number of rotatable bonds is 4. The van der Waals surface area contributed by atoms with Crippen molar-refractivity contribution in [1.82, 2.24) is 0 Å². The van der Waals surface area contributed by atoms with Crippen LogP contribution in [0.2, 0.25) is 0 Å². The fraction of sp³-hybridized carbons (Fsp3) is 0.364. The van der Waals surface area contributed by atoms with Crippen molar-refractivity contribution in [2.45, 2.75) is 13.8 Å². The lowest BCUT2D eigenvalue weighted by molar-refractivity contribution is -0.149. The van der Waals surface area contributed by atoms with Gasteiger partial charge in [0.05, 0.1) is 4.88 Å². The van der Waals surface area contributed by atoms with Gasteiger partial charge in [0.25, 0.3) is 0 Å². The van der Waals surface area contributed by atoms with Gasteiger partial charge in [0, 0.05) is 13.8 Å². The molecule has 17 heavy (non-hydrogen) atoms. The van der Waals surface area contributed by atoms with Crippen LogP contribution in [-0.4, -0.2) is 31.4 Å². The zero-order chi connectivity index (χ0) is 13.1. The predicted molar refractivity (Wildman–Crippen MR) is 63.0 cm³/mol. The Bertz CT molecular complexity index is 329. The third kappa shape index (κ3) is 10.6. The molecule has 0 atom stereocenters. The van der Waals surface area contributed by atoms with Gasteiger partial charge in [-0.25, -0.2) is 0 Å². The second kappa shape index (κ2) is 9.53. The van der Waals surface area contributed by atoms with Crippen molar-refractivity contribution in [3.05, 3.63) is 22.4 Å². The van der Waals surface area contributed by atoms with Crippen molar-refractivity contribution in [2.75, 3.05) is 13.2 Å².